The lowest BCUT2D eigenvalue weighted by Crippen LogP contribution is -2.56. The van der Waals surface area contributed by atoms with E-state index in [0.717, 1.165) is 25.9 Å². The highest BCUT2D eigenvalue weighted by molar-refractivity contribution is 5.68. The van der Waals surface area contributed by atoms with Gasteiger partial charge in [0.1, 0.15) is 0 Å². The molecule has 2 aliphatic rings. The van der Waals surface area contributed by atoms with E-state index in [4.69, 9.17) is 4.74 Å². The SMILES string of the molecule is CC1CC(CC(=O)O)(N2CCCCC2)CCO1. The first-order valence-electron chi connectivity index (χ1n) is 6.71. The fraction of sp³-hybridized carbons (Fsp3) is 0.923. The average Bonchev–Trinajstić information content (AvgIpc) is 2.29. The summed E-state index contributed by atoms with van der Waals surface area (Å²) in [4.78, 5) is 13.6. The van der Waals surface area contributed by atoms with Gasteiger partial charge in [0.2, 0.25) is 0 Å². The molecular formula is C13H23NO3. The highest BCUT2D eigenvalue weighted by Crippen LogP contribution is 2.36. The summed E-state index contributed by atoms with van der Waals surface area (Å²) in [5.41, 5.74) is -0.149. The normalized spacial score (nSPS) is 35.7. The predicted molar refractivity (Wildman–Crippen MR) is 65.1 cm³/mol. The lowest BCUT2D eigenvalue weighted by atomic mass is 9.81. The molecule has 2 saturated heterocycles. The number of piperidine rings is 1. The molecule has 2 heterocycles. The molecule has 2 fully saturated rings. The number of hydrogen-bond donors (Lipinski definition) is 1. The van der Waals surface area contributed by atoms with Crippen LogP contribution in [0.15, 0.2) is 0 Å². The molecule has 0 spiro atoms. The highest BCUT2D eigenvalue weighted by Gasteiger charge is 2.42. The quantitative estimate of drug-likeness (QED) is 0.819. The summed E-state index contributed by atoms with van der Waals surface area (Å²) in [5.74, 6) is -0.676. The number of carboxylic acids is 1. The number of nitrogens with zero attached hydrogens (tertiary/aromatic N) is 1. The van der Waals surface area contributed by atoms with Gasteiger partial charge in [0.25, 0.3) is 0 Å². The summed E-state index contributed by atoms with van der Waals surface area (Å²) in [6.07, 6.45) is 5.87. The standard InChI is InChI=1S/C13H23NO3/c1-11-9-13(5-8-17-11,10-12(15)16)14-6-3-2-4-7-14/h11H,2-10H2,1H3,(H,15,16). The lowest BCUT2D eigenvalue weighted by Gasteiger charge is -2.49. The van der Waals surface area contributed by atoms with Gasteiger partial charge in [-0.1, -0.05) is 6.42 Å². The van der Waals surface area contributed by atoms with Crippen molar-refractivity contribution in [1.29, 1.82) is 0 Å². The minimum Gasteiger partial charge on any atom is -0.481 e. The maximum atomic E-state index is 11.2. The molecule has 0 amide bonds. The Morgan fingerprint density at radius 2 is 2.12 bits per heavy atom. The molecule has 98 valence electrons. The summed E-state index contributed by atoms with van der Waals surface area (Å²) in [7, 11) is 0. The van der Waals surface area contributed by atoms with Crippen LogP contribution in [-0.4, -0.2) is 47.3 Å². The molecule has 1 N–H and O–H groups in total. The van der Waals surface area contributed by atoms with Crippen LogP contribution in [0.1, 0.15) is 45.4 Å². The van der Waals surface area contributed by atoms with Gasteiger partial charge >= 0.3 is 5.97 Å². The van der Waals surface area contributed by atoms with E-state index < -0.39 is 5.97 Å². The van der Waals surface area contributed by atoms with Gasteiger partial charge in [0.05, 0.1) is 12.5 Å². The third-order valence-corrected chi connectivity index (χ3v) is 4.14. The molecule has 0 aromatic carbocycles. The molecule has 17 heavy (non-hydrogen) atoms. The molecule has 0 aliphatic carbocycles. The molecule has 0 aromatic heterocycles. The second-order valence-electron chi connectivity index (χ2n) is 5.48. The van der Waals surface area contributed by atoms with Gasteiger partial charge in [0, 0.05) is 12.1 Å². The number of rotatable bonds is 3. The molecule has 0 radical (unpaired) electrons. The summed E-state index contributed by atoms with van der Waals surface area (Å²) >= 11 is 0. The van der Waals surface area contributed by atoms with Gasteiger partial charge < -0.3 is 9.84 Å². The van der Waals surface area contributed by atoms with Crippen LogP contribution in [0.2, 0.25) is 0 Å². The van der Waals surface area contributed by atoms with Crippen LogP contribution < -0.4 is 0 Å². The lowest BCUT2D eigenvalue weighted by molar-refractivity contribution is -0.145. The monoisotopic (exact) mass is 241 g/mol. The van der Waals surface area contributed by atoms with E-state index in [2.05, 4.69) is 11.8 Å². The minimum absolute atomic E-state index is 0.149. The molecular weight excluding hydrogens is 218 g/mol. The number of carbonyl (C=O) groups is 1. The van der Waals surface area contributed by atoms with Crippen molar-refractivity contribution in [3.63, 3.8) is 0 Å². The minimum atomic E-state index is -0.676. The third kappa shape index (κ3) is 2.99. The van der Waals surface area contributed by atoms with Gasteiger partial charge in [-0.15, -0.1) is 0 Å². The van der Waals surface area contributed by atoms with Crippen LogP contribution in [0.3, 0.4) is 0 Å². The molecule has 0 aromatic rings. The van der Waals surface area contributed by atoms with Crippen LogP contribution in [0, 0.1) is 0 Å². The second-order valence-corrected chi connectivity index (χ2v) is 5.48. The highest BCUT2D eigenvalue weighted by atomic mass is 16.5. The molecule has 0 bridgehead atoms. The molecule has 2 rings (SSSR count). The third-order valence-electron chi connectivity index (χ3n) is 4.14. The van der Waals surface area contributed by atoms with Crippen LogP contribution >= 0.6 is 0 Å². The summed E-state index contributed by atoms with van der Waals surface area (Å²) in [6.45, 7) is 4.87. The Balaban J connectivity index is 2.12. The molecule has 4 heteroatoms. The Labute approximate surface area is 103 Å². The first-order valence-corrected chi connectivity index (χ1v) is 6.71. The van der Waals surface area contributed by atoms with Crippen molar-refractivity contribution in [2.45, 2.75) is 57.1 Å². The molecule has 2 unspecified atom stereocenters. The van der Waals surface area contributed by atoms with Crippen LogP contribution in [0.4, 0.5) is 0 Å². The van der Waals surface area contributed by atoms with Crippen molar-refractivity contribution in [2.75, 3.05) is 19.7 Å². The fourth-order valence-electron chi connectivity index (χ4n) is 3.36. The van der Waals surface area contributed by atoms with E-state index in [-0.39, 0.29) is 18.1 Å². The fourth-order valence-corrected chi connectivity index (χ4v) is 3.36. The van der Waals surface area contributed by atoms with Gasteiger partial charge in [-0.25, -0.2) is 0 Å². The molecule has 2 atom stereocenters. The van der Waals surface area contributed by atoms with Crippen molar-refractivity contribution < 1.29 is 14.6 Å². The van der Waals surface area contributed by atoms with E-state index >= 15 is 0 Å². The summed E-state index contributed by atoms with van der Waals surface area (Å²) in [6, 6.07) is 0. The van der Waals surface area contributed by atoms with Gasteiger partial charge in [-0.05, 0) is 45.7 Å². The van der Waals surface area contributed by atoms with Gasteiger partial charge in [-0.3, -0.25) is 9.69 Å². The average molecular weight is 241 g/mol. The zero-order valence-corrected chi connectivity index (χ0v) is 10.7. The zero-order chi connectivity index (χ0) is 12.3. The van der Waals surface area contributed by atoms with Crippen LogP contribution in [0.5, 0.6) is 0 Å². The van der Waals surface area contributed by atoms with Crippen molar-refractivity contribution in [2.24, 2.45) is 0 Å². The summed E-state index contributed by atoms with van der Waals surface area (Å²) < 4.78 is 5.59. The largest absolute Gasteiger partial charge is 0.481 e. The predicted octanol–water partition coefficient (Wildman–Crippen LogP) is 1.88. The topological polar surface area (TPSA) is 49.8 Å². The number of aliphatic carboxylic acids is 1. The van der Waals surface area contributed by atoms with Crippen molar-refractivity contribution in [3.05, 3.63) is 0 Å². The Bertz CT molecular complexity index is 276. The van der Waals surface area contributed by atoms with E-state index in [1.54, 1.807) is 0 Å². The zero-order valence-electron chi connectivity index (χ0n) is 10.7. The number of ether oxygens (including phenoxy) is 1. The van der Waals surface area contributed by atoms with E-state index in [9.17, 15) is 9.90 Å². The first kappa shape index (κ1) is 12.8. The van der Waals surface area contributed by atoms with Crippen LogP contribution in [0.25, 0.3) is 0 Å². The maximum Gasteiger partial charge on any atom is 0.305 e. The smallest absolute Gasteiger partial charge is 0.305 e. The van der Waals surface area contributed by atoms with Crippen molar-refractivity contribution >= 4 is 5.97 Å². The van der Waals surface area contributed by atoms with Crippen molar-refractivity contribution in [1.82, 2.24) is 4.90 Å². The number of hydrogen-bond acceptors (Lipinski definition) is 3. The van der Waals surface area contributed by atoms with Crippen LogP contribution in [-0.2, 0) is 9.53 Å². The Morgan fingerprint density at radius 1 is 1.41 bits per heavy atom. The van der Waals surface area contributed by atoms with E-state index in [1.165, 1.54) is 19.3 Å². The first-order chi connectivity index (χ1) is 8.12. The number of carboxylic acid groups (broad SMARTS) is 1. The van der Waals surface area contributed by atoms with Gasteiger partial charge in [-0.2, -0.15) is 0 Å². The van der Waals surface area contributed by atoms with Gasteiger partial charge in [0.15, 0.2) is 0 Å². The molecule has 2 aliphatic heterocycles. The second kappa shape index (κ2) is 5.36. The Morgan fingerprint density at radius 3 is 2.71 bits per heavy atom. The molecule has 4 nitrogen and oxygen atoms in total. The Kier molecular flexibility index (Phi) is 4.05. The van der Waals surface area contributed by atoms with E-state index in [0.29, 0.717) is 6.61 Å². The van der Waals surface area contributed by atoms with Crippen molar-refractivity contribution in [3.8, 4) is 0 Å². The maximum absolute atomic E-state index is 11.2. The number of likely N-dealkylation sites (tertiary alicyclic amines) is 1. The Hall–Kier alpha value is -0.610. The molecule has 0 saturated carbocycles. The van der Waals surface area contributed by atoms with E-state index in [1.807, 2.05) is 0 Å². The summed E-state index contributed by atoms with van der Waals surface area (Å²) in [5, 5.41) is 9.18.